The van der Waals surface area contributed by atoms with Gasteiger partial charge in [0.15, 0.2) is 5.69 Å². The number of rotatable bonds is 6. The standard InChI is InChI=1S/C24H31N3O5/c1-15(2)22(29)26-9-18-10-27(13-24(18,12-26)14-28)23(30)21-20(17(4)32-25-21)11-31-19-7-5-6-16(3)8-19/h5-8,15,18,28H,9-14H2,1-4H3/t18-,24+/m1/s1. The topological polar surface area (TPSA) is 96.1 Å². The van der Waals surface area contributed by atoms with E-state index in [0.717, 1.165) is 5.56 Å². The van der Waals surface area contributed by atoms with Gasteiger partial charge in [-0.05, 0) is 31.5 Å². The number of aliphatic hydroxyl groups is 1. The number of aryl methyl sites for hydroxylation is 2. The Bertz CT molecular complexity index is 1020. The van der Waals surface area contributed by atoms with Crippen LogP contribution in [0.1, 0.15) is 41.2 Å². The molecule has 8 heteroatoms. The Kier molecular flexibility index (Phi) is 5.99. The van der Waals surface area contributed by atoms with Crippen LogP contribution in [0.25, 0.3) is 0 Å². The molecule has 2 amide bonds. The van der Waals surface area contributed by atoms with Crippen molar-refractivity contribution in [3.63, 3.8) is 0 Å². The van der Waals surface area contributed by atoms with Crippen LogP contribution in [-0.4, -0.2) is 64.7 Å². The van der Waals surface area contributed by atoms with Crippen molar-refractivity contribution in [3.8, 4) is 5.75 Å². The monoisotopic (exact) mass is 441 g/mol. The quantitative estimate of drug-likeness (QED) is 0.740. The summed E-state index contributed by atoms with van der Waals surface area (Å²) < 4.78 is 11.2. The molecule has 3 heterocycles. The third-order valence-corrected chi connectivity index (χ3v) is 6.73. The molecule has 2 aliphatic heterocycles. The van der Waals surface area contributed by atoms with E-state index in [1.807, 2.05) is 49.9 Å². The Morgan fingerprint density at radius 1 is 1.25 bits per heavy atom. The van der Waals surface area contributed by atoms with Gasteiger partial charge < -0.3 is 24.2 Å². The minimum absolute atomic E-state index is 0.0409. The molecule has 4 rings (SSSR count). The molecule has 0 aliphatic carbocycles. The molecule has 0 radical (unpaired) electrons. The Balaban J connectivity index is 1.48. The average molecular weight is 442 g/mol. The summed E-state index contributed by atoms with van der Waals surface area (Å²) in [6.07, 6.45) is 0. The van der Waals surface area contributed by atoms with Crippen LogP contribution in [0, 0.1) is 31.1 Å². The van der Waals surface area contributed by atoms with Gasteiger partial charge in [0.25, 0.3) is 5.91 Å². The van der Waals surface area contributed by atoms with Crippen molar-refractivity contribution >= 4 is 11.8 Å². The second-order valence-electron chi connectivity index (χ2n) is 9.45. The van der Waals surface area contributed by atoms with E-state index in [1.54, 1.807) is 11.8 Å². The van der Waals surface area contributed by atoms with Gasteiger partial charge in [-0.25, -0.2) is 0 Å². The van der Waals surface area contributed by atoms with E-state index in [4.69, 9.17) is 9.26 Å². The molecule has 0 saturated carbocycles. The lowest BCUT2D eigenvalue weighted by atomic mass is 9.82. The third-order valence-electron chi connectivity index (χ3n) is 6.73. The fourth-order valence-corrected chi connectivity index (χ4v) is 4.83. The molecule has 1 aromatic carbocycles. The minimum atomic E-state index is -0.489. The Labute approximate surface area is 188 Å². The zero-order chi connectivity index (χ0) is 23.0. The van der Waals surface area contributed by atoms with E-state index < -0.39 is 5.41 Å². The minimum Gasteiger partial charge on any atom is -0.489 e. The van der Waals surface area contributed by atoms with Gasteiger partial charge in [-0.2, -0.15) is 0 Å². The first-order valence-electron chi connectivity index (χ1n) is 11.1. The number of aliphatic hydroxyl groups excluding tert-OH is 1. The van der Waals surface area contributed by atoms with E-state index in [-0.39, 0.29) is 42.6 Å². The van der Waals surface area contributed by atoms with Gasteiger partial charge in [0, 0.05) is 43.4 Å². The highest BCUT2D eigenvalue weighted by Crippen LogP contribution is 2.43. The highest BCUT2D eigenvalue weighted by molar-refractivity contribution is 5.94. The number of hydrogen-bond acceptors (Lipinski definition) is 6. The fourth-order valence-electron chi connectivity index (χ4n) is 4.83. The number of amides is 2. The van der Waals surface area contributed by atoms with Crippen LogP contribution in [0.5, 0.6) is 5.75 Å². The number of carbonyl (C=O) groups excluding carboxylic acids is 2. The predicted octanol–water partition coefficient (Wildman–Crippen LogP) is 2.42. The van der Waals surface area contributed by atoms with E-state index in [0.29, 0.717) is 43.3 Å². The van der Waals surface area contributed by atoms with Crippen LogP contribution in [0.4, 0.5) is 0 Å². The summed E-state index contributed by atoms with van der Waals surface area (Å²) in [4.78, 5) is 29.4. The number of aromatic nitrogens is 1. The van der Waals surface area contributed by atoms with Crippen molar-refractivity contribution in [2.45, 2.75) is 34.3 Å². The van der Waals surface area contributed by atoms with Crippen LogP contribution < -0.4 is 4.74 Å². The summed E-state index contributed by atoms with van der Waals surface area (Å²) in [7, 11) is 0. The van der Waals surface area contributed by atoms with Crippen molar-refractivity contribution in [1.29, 1.82) is 0 Å². The number of fused-ring (bicyclic) bond motifs is 1. The van der Waals surface area contributed by atoms with Crippen molar-refractivity contribution < 1.29 is 24.0 Å². The smallest absolute Gasteiger partial charge is 0.276 e. The Morgan fingerprint density at radius 2 is 1.97 bits per heavy atom. The molecule has 0 bridgehead atoms. The van der Waals surface area contributed by atoms with Gasteiger partial charge in [0.1, 0.15) is 18.1 Å². The molecule has 1 N–H and O–H groups in total. The average Bonchev–Trinajstić information content (AvgIpc) is 3.41. The van der Waals surface area contributed by atoms with Crippen LogP contribution in [0.15, 0.2) is 28.8 Å². The highest BCUT2D eigenvalue weighted by Gasteiger charge is 2.54. The molecule has 2 aromatic rings. The molecular formula is C24H31N3O5. The zero-order valence-corrected chi connectivity index (χ0v) is 19.1. The first kappa shape index (κ1) is 22.3. The van der Waals surface area contributed by atoms with Crippen molar-refractivity contribution in [2.24, 2.45) is 17.3 Å². The molecule has 0 spiro atoms. The lowest BCUT2D eigenvalue weighted by Gasteiger charge is -2.27. The van der Waals surface area contributed by atoms with E-state index in [9.17, 15) is 14.7 Å². The maximum Gasteiger partial charge on any atom is 0.276 e. The maximum atomic E-state index is 13.3. The number of hydrogen-bond donors (Lipinski definition) is 1. The molecular weight excluding hydrogens is 410 g/mol. The summed E-state index contributed by atoms with van der Waals surface area (Å²) in [5.41, 5.74) is 1.47. The van der Waals surface area contributed by atoms with Crippen LogP contribution >= 0.6 is 0 Å². The summed E-state index contributed by atoms with van der Waals surface area (Å²) >= 11 is 0. The van der Waals surface area contributed by atoms with E-state index in [2.05, 4.69) is 5.16 Å². The van der Waals surface area contributed by atoms with Gasteiger partial charge >= 0.3 is 0 Å². The zero-order valence-electron chi connectivity index (χ0n) is 19.1. The van der Waals surface area contributed by atoms with Crippen LogP contribution in [0.2, 0.25) is 0 Å². The largest absolute Gasteiger partial charge is 0.489 e. The van der Waals surface area contributed by atoms with Crippen molar-refractivity contribution in [3.05, 3.63) is 46.8 Å². The number of likely N-dealkylation sites (tertiary alicyclic amines) is 2. The summed E-state index contributed by atoms with van der Waals surface area (Å²) in [6, 6.07) is 7.71. The normalized spacial score (nSPS) is 22.5. The third kappa shape index (κ3) is 3.99. The van der Waals surface area contributed by atoms with Gasteiger partial charge in [-0.3, -0.25) is 9.59 Å². The van der Waals surface area contributed by atoms with Crippen LogP contribution in [-0.2, 0) is 11.4 Å². The number of ether oxygens (including phenoxy) is 1. The molecule has 2 atom stereocenters. The summed E-state index contributed by atoms with van der Waals surface area (Å²) in [5.74, 6) is 1.08. The lowest BCUT2D eigenvalue weighted by molar-refractivity contribution is -0.134. The lowest BCUT2D eigenvalue weighted by Crippen LogP contribution is -2.41. The van der Waals surface area contributed by atoms with Crippen molar-refractivity contribution in [1.82, 2.24) is 15.0 Å². The molecule has 172 valence electrons. The SMILES string of the molecule is Cc1cccc(OCc2c(C(=O)N3C[C@H]4CN(C(=O)C(C)C)C[C@@]4(CO)C3)noc2C)c1. The fraction of sp³-hybridized carbons (Fsp3) is 0.542. The first-order chi connectivity index (χ1) is 15.2. The van der Waals surface area contributed by atoms with E-state index >= 15 is 0 Å². The van der Waals surface area contributed by atoms with Crippen LogP contribution in [0.3, 0.4) is 0 Å². The highest BCUT2D eigenvalue weighted by atomic mass is 16.5. The number of nitrogens with zero attached hydrogens (tertiary/aromatic N) is 3. The molecule has 2 fully saturated rings. The molecule has 2 aliphatic rings. The van der Waals surface area contributed by atoms with E-state index in [1.165, 1.54) is 0 Å². The Morgan fingerprint density at radius 3 is 2.62 bits per heavy atom. The predicted molar refractivity (Wildman–Crippen MR) is 117 cm³/mol. The van der Waals surface area contributed by atoms with Gasteiger partial charge in [0.05, 0.1) is 12.2 Å². The van der Waals surface area contributed by atoms with Gasteiger partial charge in [-0.15, -0.1) is 0 Å². The molecule has 32 heavy (non-hydrogen) atoms. The molecule has 1 aromatic heterocycles. The summed E-state index contributed by atoms with van der Waals surface area (Å²) in [6.45, 7) is 9.52. The Hall–Kier alpha value is -2.87. The molecule has 8 nitrogen and oxygen atoms in total. The maximum absolute atomic E-state index is 13.3. The molecule has 0 unspecified atom stereocenters. The van der Waals surface area contributed by atoms with Gasteiger partial charge in [-0.1, -0.05) is 31.1 Å². The number of carbonyl (C=O) groups is 2. The van der Waals surface area contributed by atoms with Gasteiger partial charge in [0.2, 0.25) is 5.91 Å². The summed E-state index contributed by atoms with van der Waals surface area (Å²) in [5, 5.41) is 14.2. The van der Waals surface area contributed by atoms with Crippen molar-refractivity contribution in [2.75, 3.05) is 32.8 Å². The second-order valence-corrected chi connectivity index (χ2v) is 9.45. The number of benzene rings is 1. The second kappa shape index (κ2) is 8.58. The first-order valence-corrected chi connectivity index (χ1v) is 11.1. The molecule has 2 saturated heterocycles.